The highest BCUT2D eigenvalue weighted by atomic mass is 28.4. The molecule has 1 aliphatic heterocycles. The molecule has 2 rings (SSSR count). The molecule has 0 unspecified atom stereocenters. The predicted molar refractivity (Wildman–Crippen MR) is 117 cm³/mol. The highest BCUT2D eigenvalue weighted by Crippen LogP contribution is 2.40. The van der Waals surface area contributed by atoms with Gasteiger partial charge in [-0.3, -0.25) is 0 Å². The van der Waals surface area contributed by atoms with Crippen LogP contribution in [-0.2, 0) is 25.2 Å². The van der Waals surface area contributed by atoms with Gasteiger partial charge in [0.1, 0.15) is 6.10 Å². The molecule has 28 heavy (non-hydrogen) atoms. The Morgan fingerprint density at radius 1 is 1.18 bits per heavy atom. The van der Waals surface area contributed by atoms with E-state index in [9.17, 15) is 0 Å². The fraction of sp³-hybridized carbons (Fsp3) is 0.652. The van der Waals surface area contributed by atoms with Crippen LogP contribution < -0.4 is 0 Å². The molecule has 0 aromatic heterocycles. The second-order valence-corrected chi connectivity index (χ2v) is 14.3. The van der Waals surface area contributed by atoms with Gasteiger partial charge in [-0.05, 0) is 44.0 Å². The standard InChI is InChI=1S/C23H38O4Si/c1-9-19(27-28(7,8)22(2,3)4)21-20(25-23(5,6)26-21)15-16-24-17-18-13-11-10-12-14-18/h9-14,19-21H,1,15-17H2,2-8H3/t19-,20+,21-/m0/s1. The van der Waals surface area contributed by atoms with Crippen molar-refractivity contribution in [1.82, 2.24) is 0 Å². The maximum atomic E-state index is 6.61. The summed E-state index contributed by atoms with van der Waals surface area (Å²) < 4.78 is 24.9. The predicted octanol–water partition coefficient (Wildman–Crippen LogP) is 5.69. The van der Waals surface area contributed by atoms with E-state index in [0.29, 0.717) is 13.2 Å². The molecule has 5 heteroatoms. The van der Waals surface area contributed by atoms with Crippen molar-refractivity contribution < 1.29 is 18.6 Å². The van der Waals surface area contributed by atoms with Gasteiger partial charge in [0.15, 0.2) is 14.1 Å². The number of hydrogen-bond donors (Lipinski definition) is 0. The van der Waals surface area contributed by atoms with Gasteiger partial charge in [-0.25, -0.2) is 0 Å². The summed E-state index contributed by atoms with van der Waals surface area (Å²) in [6.07, 6.45) is 2.17. The van der Waals surface area contributed by atoms with Crippen LogP contribution >= 0.6 is 0 Å². The largest absolute Gasteiger partial charge is 0.408 e. The number of ether oxygens (including phenoxy) is 3. The van der Waals surface area contributed by atoms with Crippen LogP contribution in [0.25, 0.3) is 0 Å². The minimum atomic E-state index is -1.95. The van der Waals surface area contributed by atoms with E-state index in [1.165, 1.54) is 5.56 Å². The van der Waals surface area contributed by atoms with Gasteiger partial charge in [0.05, 0.1) is 18.8 Å². The van der Waals surface area contributed by atoms with E-state index in [4.69, 9.17) is 18.6 Å². The molecule has 0 N–H and O–H groups in total. The molecule has 1 heterocycles. The molecule has 4 nitrogen and oxygen atoms in total. The average Bonchev–Trinajstić information content (AvgIpc) is 2.91. The van der Waals surface area contributed by atoms with Crippen molar-refractivity contribution in [3.05, 3.63) is 48.6 Å². The molecule has 1 aliphatic rings. The van der Waals surface area contributed by atoms with Gasteiger partial charge in [-0.2, -0.15) is 0 Å². The Morgan fingerprint density at radius 2 is 1.82 bits per heavy atom. The van der Waals surface area contributed by atoms with Crippen molar-refractivity contribution in [3.8, 4) is 0 Å². The van der Waals surface area contributed by atoms with Crippen LogP contribution in [0.2, 0.25) is 18.1 Å². The van der Waals surface area contributed by atoms with Crippen LogP contribution in [0.1, 0.15) is 46.6 Å². The zero-order valence-electron chi connectivity index (χ0n) is 18.7. The molecule has 0 spiro atoms. The van der Waals surface area contributed by atoms with E-state index in [1.807, 2.05) is 38.1 Å². The van der Waals surface area contributed by atoms with Gasteiger partial charge in [-0.15, -0.1) is 6.58 Å². The van der Waals surface area contributed by atoms with Crippen molar-refractivity contribution in [2.45, 2.75) is 89.9 Å². The SMILES string of the molecule is C=C[C@H](O[Si](C)(C)C(C)(C)C)[C@@H]1OC(C)(C)O[C@@H]1CCOCc1ccccc1. The van der Waals surface area contributed by atoms with Gasteiger partial charge in [0.2, 0.25) is 0 Å². The van der Waals surface area contributed by atoms with E-state index in [2.05, 4.69) is 52.6 Å². The summed E-state index contributed by atoms with van der Waals surface area (Å²) in [4.78, 5) is 0. The molecule has 0 radical (unpaired) electrons. The zero-order chi connectivity index (χ0) is 21.0. The average molecular weight is 407 g/mol. The molecule has 1 fully saturated rings. The normalized spacial score (nSPS) is 23.5. The van der Waals surface area contributed by atoms with Crippen LogP contribution in [0.15, 0.2) is 43.0 Å². The number of hydrogen-bond acceptors (Lipinski definition) is 4. The second kappa shape index (κ2) is 9.22. The van der Waals surface area contributed by atoms with E-state index >= 15 is 0 Å². The summed E-state index contributed by atoms with van der Waals surface area (Å²) in [6.45, 7) is 20.4. The first-order valence-corrected chi connectivity index (χ1v) is 13.1. The third kappa shape index (κ3) is 6.26. The molecule has 158 valence electrons. The van der Waals surface area contributed by atoms with E-state index in [1.54, 1.807) is 0 Å². The molecule has 0 aliphatic carbocycles. The van der Waals surface area contributed by atoms with E-state index in [-0.39, 0.29) is 23.4 Å². The number of rotatable bonds is 9. The summed E-state index contributed by atoms with van der Waals surface area (Å²) in [5, 5.41) is 0.123. The van der Waals surface area contributed by atoms with E-state index < -0.39 is 14.1 Å². The minimum Gasteiger partial charge on any atom is -0.408 e. The fourth-order valence-corrected chi connectivity index (χ4v) is 4.36. The van der Waals surface area contributed by atoms with Gasteiger partial charge in [-0.1, -0.05) is 57.2 Å². The van der Waals surface area contributed by atoms with Crippen LogP contribution in [0.5, 0.6) is 0 Å². The summed E-state index contributed by atoms with van der Waals surface area (Å²) in [5.41, 5.74) is 1.17. The Balaban J connectivity index is 1.98. The topological polar surface area (TPSA) is 36.9 Å². The van der Waals surface area contributed by atoms with Crippen molar-refractivity contribution in [3.63, 3.8) is 0 Å². The Bertz CT molecular complexity index is 621. The zero-order valence-corrected chi connectivity index (χ0v) is 19.7. The van der Waals surface area contributed by atoms with E-state index in [0.717, 1.165) is 6.42 Å². The molecule has 1 aromatic carbocycles. The van der Waals surface area contributed by atoms with Crippen LogP contribution in [0.4, 0.5) is 0 Å². The maximum absolute atomic E-state index is 6.61. The fourth-order valence-electron chi connectivity index (χ4n) is 3.09. The highest BCUT2D eigenvalue weighted by Gasteiger charge is 2.47. The van der Waals surface area contributed by atoms with Crippen molar-refractivity contribution >= 4 is 8.32 Å². The van der Waals surface area contributed by atoms with Crippen molar-refractivity contribution in [2.75, 3.05) is 6.61 Å². The van der Waals surface area contributed by atoms with Crippen LogP contribution in [0, 0.1) is 0 Å². The van der Waals surface area contributed by atoms with Crippen molar-refractivity contribution in [2.24, 2.45) is 0 Å². The Kier molecular flexibility index (Phi) is 7.67. The third-order valence-corrected chi connectivity index (χ3v) is 10.1. The summed E-state index contributed by atoms with van der Waals surface area (Å²) >= 11 is 0. The lowest BCUT2D eigenvalue weighted by molar-refractivity contribution is -0.152. The summed E-state index contributed by atoms with van der Waals surface area (Å²) in [7, 11) is -1.95. The molecule has 0 bridgehead atoms. The lowest BCUT2D eigenvalue weighted by Crippen LogP contribution is -2.48. The van der Waals surface area contributed by atoms with Crippen LogP contribution in [0.3, 0.4) is 0 Å². The van der Waals surface area contributed by atoms with Gasteiger partial charge in [0.25, 0.3) is 0 Å². The molecule has 0 amide bonds. The first-order valence-electron chi connectivity index (χ1n) is 10.2. The van der Waals surface area contributed by atoms with Gasteiger partial charge >= 0.3 is 0 Å². The van der Waals surface area contributed by atoms with Crippen LogP contribution in [-0.4, -0.2) is 39.0 Å². The summed E-state index contributed by atoms with van der Waals surface area (Å²) in [6, 6.07) is 10.2. The molecule has 3 atom stereocenters. The third-order valence-electron chi connectivity index (χ3n) is 5.67. The minimum absolute atomic E-state index is 0.0847. The first kappa shape index (κ1) is 23.3. The number of benzene rings is 1. The smallest absolute Gasteiger partial charge is 0.193 e. The molecule has 1 saturated heterocycles. The maximum Gasteiger partial charge on any atom is 0.193 e. The Labute approximate surface area is 172 Å². The highest BCUT2D eigenvalue weighted by molar-refractivity contribution is 6.74. The Hall–Kier alpha value is -0.983. The molecule has 1 aromatic rings. The first-order chi connectivity index (χ1) is 13.0. The van der Waals surface area contributed by atoms with Crippen molar-refractivity contribution in [1.29, 1.82) is 0 Å². The quantitative estimate of drug-likeness (QED) is 0.300. The molecular formula is C23H38O4Si. The molecular weight excluding hydrogens is 368 g/mol. The van der Waals surface area contributed by atoms with Gasteiger partial charge < -0.3 is 18.6 Å². The van der Waals surface area contributed by atoms with Gasteiger partial charge in [0, 0.05) is 6.61 Å². The summed E-state index contributed by atoms with van der Waals surface area (Å²) in [5.74, 6) is -0.632. The molecule has 0 saturated carbocycles. The Morgan fingerprint density at radius 3 is 2.39 bits per heavy atom. The monoisotopic (exact) mass is 406 g/mol. The lowest BCUT2D eigenvalue weighted by atomic mass is 10.1. The second-order valence-electron chi connectivity index (χ2n) is 9.54. The lowest BCUT2D eigenvalue weighted by Gasteiger charge is -2.40.